The van der Waals surface area contributed by atoms with E-state index in [1.54, 1.807) is 0 Å². The summed E-state index contributed by atoms with van der Waals surface area (Å²) in [6, 6.07) is 4.31. The van der Waals surface area contributed by atoms with Gasteiger partial charge in [-0.15, -0.1) is 0 Å². The number of aryl methyl sites for hydroxylation is 1. The van der Waals surface area contributed by atoms with Crippen molar-refractivity contribution in [2.75, 3.05) is 13.1 Å². The predicted molar refractivity (Wildman–Crippen MR) is 116 cm³/mol. The number of nitrogens with zero attached hydrogens (tertiary/aromatic N) is 1. The minimum absolute atomic E-state index is 0.0830. The summed E-state index contributed by atoms with van der Waals surface area (Å²) in [5.41, 5.74) is 2.42. The zero-order valence-corrected chi connectivity index (χ0v) is 17.5. The standard InChI is InChI=1S/C24H38N3/c1-4-6-8-18-25-23-11-16-24(17-12-23,26-19-9-7-5-2)15-10-22-13-20-27(3)21-14-22/h10-16,20-21,25-26H,4-9,17-19H2,1-3H3/q+1. The molecule has 1 heterocycles. The van der Waals surface area contributed by atoms with Crippen LogP contribution >= 0.6 is 0 Å². The molecule has 0 radical (unpaired) electrons. The first-order valence-corrected chi connectivity index (χ1v) is 10.7. The molecule has 27 heavy (non-hydrogen) atoms. The van der Waals surface area contributed by atoms with Crippen LogP contribution in [0.2, 0.25) is 0 Å². The van der Waals surface area contributed by atoms with Gasteiger partial charge in [0, 0.05) is 24.4 Å². The Kier molecular flexibility index (Phi) is 9.34. The highest BCUT2D eigenvalue weighted by Crippen LogP contribution is 2.23. The highest BCUT2D eigenvalue weighted by atomic mass is 15.0. The summed E-state index contributed by atoms with van der Waals surface area (Å²) in [7, 11) is 2.05. The molecule has 1 aromatic heterocycles. The molecule has 1 unspecified atom stereocenters. The summed E-state index contributed by atoms with van der Waals surface area (Å²) < 4.78 is 2.07. The topological polar surface area (TPSA) is 27.9 Å². The van der Waals surface area contributed by atoms with Crippen molar-refractivity contribution in [2.45, 2.75) is 64.3 Å². The zero-order chi connectivity index (χ0) is 19.4. The van der Waals surface area contributed by atoms with Crippen LogP contribution in [0, 0.1) is 0 Å². The zero-order valence-electron chi connectivity index (χ0n) is 17.5. The minimum atomic E-state index is -0.0830. The maximum absolute atomic E-state index is 3.80. The van der Waals surface area contributed by atoms with Crippen LogP contribution in [0.4, 0.5) is 0 Å². The number of rotatable bonds is 12. The minimum Gasteiger partial charge on any atom is -0.385 e. The normalized spacial score (nSPS) is 19.4. The first-order valence-electron chi connectivity index (χ1n) is 10.7. The molecule has 1 aliphatic carbocycles. The van der Waals surface area contributed by atoms with Gasteiger partial charge in [-0.2, -0.15) is 0 Å². The molecule has 1 aliphatic rings. The molecule has 0 saturated carbocycles. The third kappa shape index (κ3) is 7.72. The van der Waals surface area contributed by atoms with Crippen molar-refractivity contribution >= 4 is 6.08 Å². The van der Waals surface area contributed by atoms with Gasteiger partial charge >= 0.3 is 0 Å². The van der Waals surface area contributed by atoms with Crippen LogP contribution < -0.4 is 15.2 Å². The highest BCUT2D eigenvalue weighted by molar-refractivity contribution is 5.51. The Bertz CT molecular complexity index is 628. The first kappa shape index (κ1) is 21.4. The lowest BCUT2D eigenvalue weighted by atomic mass is 9.88. The van der Waals surface area contributed by atoms with Crippen molar-refractivity contribution in [1.82, 2.24) is 10.6 Å². The largest absolute Gasteiger partial charge is 0.385 e. The summed E-state index contributed by atoms with van der Waals surface area (Å²) in [5, 5.41) is 7.37. The molecular weight excluding hydrogens is 330 g/mol. The molecular formula is C24H38N3+. The molecule has 3 heteroatoms. The number of pyridine rings is 1. The van der Waals surface area contributed by atoms with Gasteiger partial charge < -0.3 is 10.6 Å². The van der Waals surface area contributed by atoms with Crippen molar-refractivity contribution in [2.24, 2.45) is 7.05 Å². The maximum Gasteiger partial charge on any atom is 0.169 e. The Labute approximate surface area is 166 Å². The van der Waals surface area contributed by atoms with Gasteiger partial charge in [0.1, 0.15) is 7.05 Å². The third-order valence-corrected chi connectivity index (χ3v) is 5.14. The molecule has 0 aliphatic heterocycles. The average Bonchev–Trinajstić information content (AvgIpc) is 2.70. The van der Waals surface area contributed by atoms with Gasteiger partial charge in [0.25, 0.3) is 0 Å². The molecule has 2 N–H and O–H groups in total. The van der Waals surface area contributed by atoms with Gasteiger partial charge in [-0.3, -0.25) is 0 Å². The molecule has 1 aromatic rings. The molecule has 1 atom stereocenters. The fraction of sp³-hybridized carbons (Fsp3) is 0.542. The molecule has 0 bridgehead atoms. The van der Waals surface area contributed by atoms with Gasteiger partial charge in [0.15, 0.2) is 12.4 Å². The van der Waals surface area contributed by atoms with Crippen molar-refractivity contribution < 1.29 is 4.57 Å². The predicted octanol–water partition coefficient (Wildman–Crippen LogP) is 4.67. The van der Waals surface area contributed by atoms with Gasteiger partial charge in [-0.1, -0.05) is 63.8 Å². The van der Waals surface area contributed by atoms with E-state index in [-0.39, 0.29) is 5.54 Å². The monoisotopic (exact) mass is 368 g/mol. The van der Waals surface area contributed by atoms with Crippen LogP contribution in [0.5, 0.6) is 0 Å². The maximum atomic E-state index is 3.80. The fourth-order valence-corrected chi connectivity index (χ4v) is 3.27. The van der Waals surface area contributed by atoms with Gasteiger partial charge in [-0.05, 0) is 37.4 Å². The van der Waals surface area contributed by atoms with E-state index in [4.69, 9.17) is 0 Å². The van der Waals surface area contributed by atoms with Crippen molar-refractivity contribution in [3.05, 3.63) is 60.1 Å². The Morgan fingerprint density at radius 1 is 1.04 bits per heavy atom. The Morgan fingerprint density at radius 2 is 1.74 bits per heavy atom. The van der Waals surface area contributed by atoms with E-state index < -0.39 is 0 Å². The fourth-order valence-electron chi connectivity index (χ4n) is 3.27. The Hall–Kier alpha value is -1.87. The van der Waals surface area contributed by atoms with Crippen molar-refractivity contribution in [3.63, 3.8) is 0 Å². The van der Waals surface area contributed by atoms with Gasteiger partial charge in [0.2, 0.25) is 0 Å². The third-order valence-electron chi connectivity index (χ3n) is 5.14. The number of hydrogen-bond acceptors (Lipinski definition) is 2. The average molecular weight is 369 g/mol. The van der Waals surface area contributed by atoms with Gasteiger partial charge in [-0.25, -0.2) is 4.57 Å². The lowest BCUT2D eigenvalue weighted by molar-refractivity contribution is -0.671. The van der Waals surface area contributed by atoms with Crippen LogP contribution in [0.25, 0.3) is 6.08 Å². The molecule has 2 rings (SSSR count). The molecule has 3 nitrogen and oxygen atoms in total. The lowest BCUT2D eigenvalue weighted by Gasteiger charge is -2.31. The van der Waals surface area contributed by atoms with Crippen LogP contribution in [-0.4, -0.2) is 18.6 Å². The molecule has 0 saturated heterocycles. The molecule has 0 aromatic carbocycles. The van der Waals surface area contributed by atoms with E-state index in [1.165, 1.54) is 49.8 Å². The summed E-state index contributed by atoms with van der Waals surface area (Å²) in [4.78, 5) is 0. The van der Waals surface area contributed by atoms with Gasteiger partial charge in [0.05, 0.1) is 5.54 Å². The number of aromatic nitrogens is 1. The first-order chi connectivity index (χ1) is 13.2. The molecule has 0 spiro atoms. The van der Waals surface area contributed by atoms with Crippen LogP contribution in [-0.2, 0) is 7.05 Å². The smallest absolute Gasteiger partial charge is 0.169 e. The van der Waals surface area contributed by atoms with E-state index in [2.05, 4.69) is 84.0 Å². The number of nitrogens with one attached hydrogen (secondary N) is 2. The number of unbranched alkanes of at least 4 members (excludes halogenated alkanes) is 4. The van der Waals surface area contributed by atoms with E-state index in [9.17, 15) is 0 Å². The lowest BCUT2D eigenvalue weighted by Crippen LogP contribution is -2.43. The SMILES string of the molecule is CCCCCNC1=CCC(C=Cc2cc[n+](C)cc2)(NCCCCC)C=C1. The van der Waals surface area contributed by atoms with Crippen molar-refractivity contribution in [3.8, 4) is 0 Å². The molecule has 0 amide bonds. The van der Waals surface area contributed by atoms with E-state index >= 15 is 0 Å². The summed E-state index contributed by atoms with van der Waals surface area (Å²) in [6.45, 7) is 6.62. The second-order valence-corrected chi connectivity index (χ2v) is 7.64. The second-order valence-electron chi connectivity index (χ2n) is 7.64. The Balaban J connectivity index is 2.00. The van der Waals surface area contributed by atoms with E-state index in [0.717, 1.165) is 19.5 Å². The van der Waals surface area contributed by atoms with Crippen LogP contribution in [0.3, 0.4) is 0 Å². The summed E-state index contributed by atoms with van der Waals surface area (Å²) in [5.74, 6) is 0. The highest BCUT2D eigenvalue weighted by Gasteiger charge is 2.24. The number of hydrogen-bond donors (Lipinski definition) is 2. The van der Waals surface area contributed by atoms with Crippen LogP contribution in [0.15, 0.2) is 54.5 Å². The van der Waals surface area contributed by atoms with Crippen molar-refractivity contribution in [1.29, 1.82) is 0 Å². The van der Waals surface area contributed by atoms with Crippen LogP contribution in [0.1, 0.15) is 64.4 Å². The number of allylic oxidation sites excluding steroid dienone is 1. The summed E-state index contributed by atoms with van der Waals surface area (Å²) >= 11 is 0. The van der Waals surface area contributed by atoms with E-state index in [1.807, 2.05) is 7.05 Å². The second kappa shape index (κ2) is 11.8. The summed E-state index contributed by atoms with van der Waals surface area (Å²) in [6.07, 6.45) is 24.2. The Morgan fingerprint density at radius 3 is 2.37 bits per heavy atom. The van der Waals surface area contributed by atoms with E-state index in [0.29, 0.717) is 0 Å². The molecule has 148 valence electrons. The quantitative estimate of drug-likeness (QED) is 0.415. The molecule has 0 fully saturated rings.